The first-order valence-electron chi connectivity index (χ1n) is 12.5. The zero-order valence-corrected chi connectivity index (χ0v) is 20.7. The van der Waals surface area contributed by atoms with Gasteiger partial charge in [-0.3, -0.25) is 4.79 Å². The first-order valence-corrected chi connectivity index (χ1v) is 12.5. The van der Waals surface area contributed by atoms with E-state index in [4.69, 9.17) is 9.47 Å². The van der Waals surface area contributed by atoms with Crippen LogP contribution in [-0.4, -0.2) is 36.7 Å². The summed E-state index contributed by atoms with van der Waals surface area (Å²) in [6.45, 7) is 3.42. The highest BCUT2D eigenvalue weighted by molar-refractivity contribution is 5.81. The fourth-order valence-electron chi connectivity index (χ4n) is 4.89. The second kappa shape index (κ2) is 10.9. The van der Waals surface area contributed by atoms with E-state index < -0.39 is 5.92 Å². The van der Waals surface area contributed by atoms with Gasteiger partial charge in [0.25, 0.3) is 0 Å². The van der Waals surface area contributed by atoms with Gasteiger partial charge in [0, 0.05) is 32.1 Å². The van der Waals surface area contributed by atoms with Crippen LogP contribution in [0.2, 0.25) is 0 Å². The molecule has 8 heteroatoms. The maximum Gasteiger partial charge on any atom is 0.317 e. The van der Waals surface area contributed by atoms with Crippen LogP contribution in [0.4, 0.5) is 9.18 Å². The number of aryl methyl sites for hydroxylation is 1. The van der Waals surface area contributed by atoms with Gasteiger partial charge < -0.3 is 25.0 Å². The molecule has 0 aliphatic carbocycles. The zero-order valence-electron chi connectivity index (χ0n) is 20.7. The number of ether oxygens (including phenoxy) is 2. The number of carbonyl (C=O) groups excluding carboxylic acids is 2. The number of likely N-dealkylation sites (tertiary alicyclic amines) is 1. The van der Waals surface area contributed by atoms with Gasteiger partial charge in [0.05, 0.1) is 5.92 Å². The third kappa shape index (κ3) is 5.85. The van der Waals surface area contributed by atoms with Crippen LogP contribution in [0.1, 0.15) is 34.6 Å². The Hall–Kier alpha value is -4.07. The molecule has 0 radical (unpaired) electrons. The Morgan fingerprint density at radius 1 is 0.919 bits per heavy atom. The molecule has 2 heterocycles. The van der Waals surface area contributed by atoms with Gasteiger partial charge in [0.15, 0.2) is 11.5 Å². The second-order valence-corrected chi connectivity index (χ2v) is 9.59. The lowest BCUT2D eigenvalue weighted by molar-refractivity contribution is -0.126. The van der Waals surface area contributed by atoms with Gasteiger partial charge in [0.1, 0.15) is 5.82 Å². The predicted octanol–water partition coefficient (Wildman–Crippen LogP) is 4.49. The van der Waals surface area contributed by atoms with Crippen molar-refractivity contribution in [1.82, 2.24) is 15.5 Å². The predicted molar refractivity (Wildman–Crippen MR) is 137 cm³/mol. The van der Waals surface area contributed by atoms with Gasteiger partial charge in [-0.05, 0) is 53.8 Å². The van der Waals surface area contributed by atoms with Gasteiger partial charge in [-0.15, -0.1) is 0 Å². The van der Waals surface area contributed by atoms with Crippen LogP contribution in [0.25, 0.3) is 0 Å². The molecule has 3 aromatic carbocycles. The molecule has 2 atom stereocenters. The van der Waals surface area contributed by atoms with Crippen molar-refractivity contribution in [3.8, 4) is 11.5 Å². The van der Waals surface area contributed by atoms with Crippen molar-refractivity contribution in [2.24, 2.45) is 5.92 Å². The SMILES string of the molecule is Cc1cc([C@H]2C[C@H](C(=O)NCc3ccc4c(c3)OCO4)CN(C(=O)NCc3ccccc3)C2)ccc1F. The van der Waals surface area contributed by atoms with Crippen molar-refractivity contribution in [2.75, 3.05) is 19.9 Å². The van der Waals surface area contributed by atoms with Crippen molar-refractivity contribution < 1.29 is 23.5 Å². The minimum Gasteiger partial charge on any atom is -0.454 e. The number of carbonyl (C=O) groups is 2. The Morgan fingerprint density at radius 2 is 1.70 bits per heavy atom. The molecule has 37 heavy (non-hydrogen) atoms. The Bertz CT molecular complexity index is 1280. The number of halogens is 1. The van der Waals surface area contributed by atoms with Crippen molar-refractivity contribution >= 4 is 11.9 Å². The number of rotatable bonds is 6. The quantitative estimate of drug-likeness (QED) is 0.519. The summed E-state index contributed by atoms with van der Waals surface area (Å²) in [5, 5.41) is 5.99. The standard InChI is InChI=1S/C29H30FN3O4/c1-19-11-22(8-9-25(19)30)23-13-24(17-33(16-23)29(35)32-14-20-5-3-2-4-6-20)28(34)31-15-21-7-10-26-27(12-21)37-18-36-26/h2-12,23-24H,13-18H2,1H3,(H,31,34)(H,32,35)/t23-,24-/m0/s1. The molecule has 5 rings (SSSR count). The number of fused-ring (bicyclic) bond motifs is 1. The Balaban J connectivity index is 1.28. The van der Waals surface area contributed by atoms with E-state index >= 15 is 0 Å². The van der Waals surface area contributed by atoms with E-state index in [9.17, 15) is 14.0 Å². The Morgan fingerprint density at radius 3 is 2.51 bits per heavy atom. The average Bonchev–Trinajstić information content (AvgIpc) is 3.40. The van der Waals surface area contributed by atoms with Crippen LogP contribution in [-0.2, 0) is 17.9 Å². The van der Waals surface area contributed by atoms with Gasteiger partial charge in [-0.1, -0.05) is 48.5 Å². The van der Waals surface area contributed by atoms with E-state index in [1.807, 2.05) is 54.6 Å². The fourth-order valence-corrected chi connectivity index (χ4v) is 4.89. The fraction of sp³-hybridized carbons (Fsp3) is 0.310. The maximum atomic E-state index is 13.9. The lowest BCUT2D eigenvalue weighted by Crippen LogP contribution is -2.50. The van der Waals surface area contributed by atoms with Crippen molar-refractivity contribution in [3.63, 3.8) is 0 Å². The molecule has 2 aliphatic rings. The highest BCUT2D eigenvalue weighted by atomic mass is 19.1. The summed E-state index contributed by atoms with van der Waals surface area (Å²) in [4.78, 5) is 28.1. The van der Waals surface area contributed by atoms with Crippen molar-refractivity contribution in [3.05, 3.63) is 94.8 Å². The van der Waals surface area contributed by atoms with E-state index in [1.165, 1.54) is 6.07 Å². The molecule has 0 bridgehead atoms. The van der Waals surface area contributed by atoms with Crippen LogP contribution < -0.4 is 20.1 Å². The molecule has 192 valence electrons. The average molecular weight is 504 g/mol. The molecule has 7 nitrogen and oxygen atoms in total. The molecule has 0 aromatic heterocycles. The monoisotopic (exact) mass is 503 g/mol. The number of benzene rings is 3. The van der Waals surface area contributed by atoms with Crippen molar-refractivity contribution in [1.29, 1.82) is 0 Å². The largest absolute Gasteiger partial charge is 0.454 e. The molecule has 0 saturated carbocycles. The maximum absolute atomic E-state index is 13.9. The highest BCUT2D eigenvalue weighted by Crippen LogP contribution is 2.33. The van der Waals surface area contributed by atoms with E-state index in [2.05, 4.69) is 10.6 Å². The summed E-state index contributed by atoms with van der Waals surface area (Å²) >= 11 is 0. The molecule has 2 N–H and O–H groups in total. The van der Waals surface area contributed by atoms with Crippen LogP contribution in [0.15, 0.2) is 66.7 Å². The minimum atomic E-state index is -0.402. The number of amides is 3. The first kappa shape index (κ1) is 24.6. The molecular weight excluding hydrogens is 473 g/mol. The van der Waals surface area contributed by atoms with Crippen molar-refractivity contribution in [2.45, 2.75) is 32.4 Å². The summed E-state index contributed by atoms with van der Waals surface area (Å²) < 4.78 is 24.7. The van der Waals surface area contributed by atoms with E-state index in [0.29, 0.717) is 49.7 Å². The molecule has 1 saturated heterocycles. The number of nitrogens with zero attached hydrogens (tertiary/aromatic N) is 1. The molecular formula is C29H30FN3O4. The molecule has 0 spiro atoms. The number of hydrogen-bond donors (Lipinski definition) is 2. The third-order valence-electron chi connectivity index (χ3n) is 6.95. The van der Waals surface area contributed by atoms with E-state index in [1.54, 1.807) is 17.9 Å². The number of nitrogens with one attached hydrogen (secondary N) is 2. The summed E-state index contributed by atoms with van der Waals surface area (Å²) in [6.07, 6.45) is 0.570. The Labute approximate surface area is 215 Å². The van der Waals surface area contributed by atoms with Gasteiger partial charge in [0.2, 0.25) is 12.7 Å². The lowest BCUT2D eigenvalue weighted by atomic mass is 9.83. The number of piperidine rings is 1. The molecule has 2 aliphatic heterocycles. The summed E-state index contributed by atoms with van der Waals surface area (Å²) in [6, 6.07) is 20.1. The van der Waals surface area contributed by atoms with E-state index in [0.717, 1.165) is 16.7 Å². The number of urea groups is 1. The topological polar surface area (TPSA) is 79.9 Å². The summed E-state index contributed by atoms with van der Waals surface area (Å²) in [5.41, 5.74) is 3.37. The first-order chi connectivity index (χ1) is 18.0. The number of hydrogen-bond acceptors (Lipinski definition) is 4. The minimum absolute atomic E-state index is 0.0863. The zero-order chi connectivity index (χ0) is 25.8. The van der Waals surface area contributed by atoms with Crippen LogP contribution in [0, 0.1) is 18.7 Å². The Kier molecular flexibility index (Phi) is 7.25. The summed E-state index contributed by atoms with van der Waals surface area (Å²) in [5.74, 6) is 0.476. The summed E-state index contributed by atoms with van der Waals surface area (Å²) in [7, 11) is 0. The molecule has 0 unspecified atom stereocenters. The molecule has 1 fully saturated rings. The van der Waals surface area contributed by atoms with Crippen LogP contribution in [0.3, 0.4) is 0 Å². The van der Waals surface area contributed by atoms with Gasteiger partial charge in [-0.25, -0.2) is 9.18 Å². The third-order valence-corrected chi connectivity index (χ3v) is 6.95. The van der Waals surface area contributed by atoms with Gasteiger partial charge >= 0.3 is 6.03 Å². The van der Waals surface area contributed by atoms with Gasteiger partial charge in [-0.2, -0.15) is 0 Å². The smallest absolute Gasteiger partial charge is 0.317 e. The normalized spacial score (nSPS) is 18.4. The molecule has 3 amide bonds. The molecule has 3 aromatic rings. The lowest BCUT2D eigenvalue weighted by Gasteiger charge is -2.37. The highest BCUT2D eigenvalue weighted by Gasteiger charge is 2.34. The second-order valence-electron chi connectivity index (χ2n) is 9.59. The van der Waals surface area contributed by atoms with E-state index in [-0.39, 0.29) is 30.5 Å². The van der Waals surface area contributed by atoms with Crippen LogP contribution >= 0.6 is 0 Å². The van der Waals surface area contributed by atoms with Crippen LogP contribution in [0.5, 0.6) is 11.5 Å².